The van der Waals surface area contributed by atoms with Crippen molar-refractivity contribution < 1.29 is 14.7 Å². The van der Waals surface area contributed by atoms with Gasteiger partial charge in [0, 0.05) is 17.2 Å². The number of amides is 1. The summed E-state index contributed by atoms with van der Waals surface area (Å²) in [5.74, 6) is -1.47. The minimum absolute atomic E-state index is 0.0480. The largest absolute Gasteiger partial charge is 0.478 e. The summed E-state index contributed by atoms with van der Waals surface area (Å²) >= 11 is 3.32. The Balaban J connectivity index is 2.35. The predicted octanol–water partition coefficient (Wildman–Crippen LogP) is 3.44. The quantitative estimate of drug-likeness (QED) is 0.790. The maximum atomic E-state index is 12.4. The molecule has 0 atom stereocenters. The number of carboxylic acids is 1. The first-order valence-electron chi connectivity index (χ1n) is 6.14. The fourth-order valence-electron chi connectivity index (χ4n) is 1.89. The van der Waals surface area contributed by atoms with Crippen LogP contribution in [0.15, 0.2) is 46.9 Å². The molecule has 0 saturated heterocycles. The molecule has 6 heteroatoms. The van der Waals surface area contributed by atoms with E-state index in [1.54, 1.807) is 37.4 Å². The number of anilines is 2. The topological polar surface area (TPSA) is 78.4 Å². The van der Waals surface area contributed by atoms with E-state index in [9.17, 15) is 9.59 Å². The third-order valence-corrected chi connectivity index (χ3v) is 3.39. The molecule has 0 aliphatic heterocycles. The van der Waals surface area contributed by atoms with Crippen molar-refractivity contribution in [1.29, 1.82) is 0 Å². The van der Waals surface area contributed by atoms with E-state index in [0.717, 1.165) is 4.47 Å². The normalized spacial score (nSPS) is 10.0. The molecule has 2 aromatic rings. The van der Waals surface area contributed by atoms with E-state index in [1.807, 2.05) is 6.07 Å². The van der Waals surface area contributed by atoms with E-state index in [-0.39, 0.29) is 17.2 Å². The van der Waals surface area contributed by atoms with Crippen LogP contribution in [0.2, 0.25) is 0 Å². The van der Waals surface area contributed by atoms with E-state index >= 15 is 0 Å². The van der Waals surface area contributed by atoms with Crippen LogP contribution < -0.4 is 10.6 Å². The Morgan fingerprint density at radius 2 is 1.76 bits per heavy atom. The van der Waals surface area contributed by atoms with Crippen LogP contribution in [-0.4, -0.2) is 24.0 Å². The molecule has 0 fully saturated rings. The Kier molecular flexibility index (Phi) is 4.59. The highest BCUT2D eigenvalue weighted by molar-refractivity contribution is 9.10. The summed E-state index contributed by atoms with van der Waals surface area (Å²) in [6.45, 7) is 0. The monoisotopic (exact) mass is 348 g/mol. The second kappa shape index (κ2) is 6.41. The van der Waals surface area contributed by atoms with Gasteiger partial charge in [0.25, 0.3) is 5.91 Å². The van der Waals surface area contributed by atoms with Crippen molar-refractivity contribution in [1.82, 2.24) is 0 Å². The molecule has 2 aromatic carbocycles. The van der Waals surface area contributed by atoms with E-state index in [1.165, 1.54) is 6.07 Å². The molecular formula is C15H13BrN2O3. The molecule has 0 spiro atoms. The predicted molar refractivity (Wildman–Crippen MR) is 85.0 cm³/mol. The second-order valence-corrected chi connectivity index (χ2v) is 5.16. The van der Waals surface area contributed by atoms with Crippen LogP contribution in [0.3, 0.4) is 0 Å². The summed E-state index contributed by atoms with van der Waals surface area (Å²) < 4.78 is 0.762. The third kappa shape index (κ3) is 3.41. The molecule has 3 N–H and O–H groups in total. The lowest BCUT2D eigenvalue weighted by Gasteiger charge is -2.12. The lowest BCUT2D eigenvalue weighted by atomic mass is 10.1. The minimum atomic E-state index is -1.09. The molecule has 0 aliphatic carbocycles. The molecule has 0 heterocycles. The first-order valence-corrected chi connectivity index (χ1v) is 6.93. The highest BCUT2D eigenvalue weighted by Crippen LogP contribution is 2.23. The molecule has 0 aliphatic rings. The Morgan fingerprint density at radius 1 is 1.05 bits per heavy atom. The van der Waals surface area contributed by atoms with E-state index in [4.69, 9.17) is 5.11 Å². The summed E-state index contributed by atoms with van der Waals surface area (Å²) in [7, 11) is 1.71. The molecule has 0 radical (unpaired) electrons. The number of carboxylic acid groups (broad SMARTS) is 1. The zero-order valence-corrected chi connectivity index (χ0v) is 12.8. The number of halogens is 1. The summed E-state index contributed by atoms with van der Waals surface area (Å²) in [6, 6.07) is 11.5. The molecule has 5 nitrogen and oxygen atoms in total. The molecule has 0 bridgehead atoms. The Hall–Kier alpha value is -2.34. The fraction of sp³-hybridized carbons (Fsp3) is 0.0667. The van der Waals surface area contributed by atoms with Gasteiger partial charge in [0.1, 0.15) is 0 Å². The van der Waals surface area contributed by atoms with Crippen molar-refractivity contribution in [3.63, 3.8) is 0 Å². The van der Waals surface area contributed by atoms with Crippen molar-refractivity contribution in [3.05, 3.63) is 58.1 Å². The van der Waals surface area contributed by atoms with Gasteiger partial charge in [-0.2, -0.15) is 0 Å². The smallest absolute Gasteiger partial charge is 0.337 e. The van der Waals surface area contributed by atoms with E-state index < -0.39 is 5.97 Å². The van der Waals surface area contributed by atoms with Gasteiger partial charge in [-0.15, -0.1) is 0 Å². The maximum absolute atomic E-state index is 12.4. The van der Waals surface area contributed by atoms with Gasteiger partial charge in [-0.25, -0.2) is 4.79 Å². The standard InChI is InChI=1S/C15H13BrN2O3/c1-17-12-7-6-9(16)8-11(12)14(19)18-13-5-3-2-4-10(13)15(20)21/h2-8,17H,1H3,(H,18,19)(H,20,21). The number of hydrogen-bond acceptors (Lipinski definition) is 3. The highest BCUT2D eigenvalue weighted by Gasteiger charge is 2.15. The summed E-state index contributed by atoms with van der Waals surface area (Å²) in [5.41, 5.74) is 1.39. The minimum Gasteiger partial charge on any atom is -0.478 e. The van der Waals surface area contributed by atoms with Gasteiger partial charge in [0.05, 0.1) is 16.8 Å². The van der Waals surface area contributed by atoms with Crippen LogP contribution in [0, 0.1) is 0 Å². The van der Waals surface area contributed by atoms with Crippen LogP contribution in [0.1, 0.15) is 20.7 Å². The zero-order chi connectivity index (χ0) is 15.4. The SMILES string of the molecule is CNc1ccc(Br)cc1C(=O)Nc1ccccc1C(=O)O. The van der Waals surface area contributed by atoms with Gasteiger partial charge in [-0.3, -0.25) is 4.79 Å². The molecule has 1 amide bonds. The number of carbonyl (C=O) groups is 2. The number of benzene rings is 2. The van der Waals surface area contributed by atoms with Gasteiger partial charge >= 0.3 is 5.97 Å². The number of carbonyl (C=O) groups excluding carboxylic acids is 1. The summed E-state index contributed by atoms with van der Waals surface area (Å²) in [5, 5.41) is 14.7. The first kappa shape index (κ1) is 15.1. The van der Waals surface area contributed by atoms with Gasteiger partial charge in [-0.05, 0) is 30.3 Å². The lowest BCUT2D eigenvalue weighted by Crippen LogP contribution is -2.16. The Morgan fingerprint density at radius 3 is 2.43 bits per heavy atom. The number of rotatable bonds is 4. The highest BCUT2D eigenvalue weighted by atomic mass is 79.9. The van der Waals surface area contributed by atoms with E-state index in [2.05, 4.69) is 26.6 Å². The zero-order valence-electron chi connectivity index (χ0n) is 11.2. The number of hydrogen-bond donors (Lipinski definition) is 3. The van der Waals surface area contributed by atoms with Crippen molar-refractivity contribution in [2.75, 3.05) is 17.7 Å². The lowest BCUT2D eigenvalue weighted by molar-refractivity contribution is 0.0698. The third-order valence-electron chi connectivity index (χ3n) is 2.90. The molecular weight excluding hydrogens is 336 g/mol. The van der Waals surface area contributed by atoms with Gasteiger partial charge < -0.3 is 15.7 Å². The summed E-state index contributed by atoms with van der Waals surface area (Å²) in [6.07, 6.45) is 0. The molecule has 0 saturated carbocycles. The molecule has 108 valence electrons. The van der Waals surface area contributed by atoms with Crippen LogP contribution in [-0.2, 0) is 0 Å². The molecule has 21 heavy (non-hydrogen) atoms. The number of nitrogens with one attached hydrogen (secondary N) is 2. The Labute approximate surface area is 130 Å². The second-order valence-electron chi connectivity index (χ2n) is 4.24. The first-order chi connectivity index (χ1) is 10.0. The summed E-state index contributed by atoms with van der Waals surface area (Å²) in [4.78, 5) is 23.5. The fourth-order valence-corrected chi connectivity index (χ4v) is 2.25. The maximum Gasteiger partial charge on any atom is 0.337 e. The van der Waals surface area contributed by atoms with Crippen molar-refractivity contribution in [3.8, 4) is 0 Å². The molecule has 0 unspecified atom stereocenters. The average Bonchev–Trinajstić information content (AvgIpc) is 2.47. The number of para-hydroxylation sites is 1. The van der Waals surface area contributed by atoms with Crippen LogP contribution in [0.25, 0.3) is 0 Å². The van der Waals surface area contributed by atoms with Crippen LogP contribution in [0.4, 0.5) is 11.4 Å². The van der Waals surface area contributed by atoms with Crippen molar-refractivity contribution in [2.24, 2.45) is 0 Å². The molecule has 2 rings (SSSR count). The van der Waals surface area contributed by atoms with Crippen molar-refractivity contribution in [2.45, 2.75) is 0 Å². The van der Waals surface area contributed by atoms with Crippen molar-refractivity contribution >= 4 is 39.2 Å². The Bertz CT molecular complexity index is 701. The number of aromatic carboxylic acids is 1. The van der Waals surface area contributed by atoms with Gasteiger partial charge in [0.15, 0.2) is 0 Å². The van der Waals surface area contributed by atoms with E-state index in [0.29, 0.717) is 11.3 Å². The van der Waals surface area contributed by atoms with Gasteiger partial charge in [0.2, 0.25) is 0 Å². The average molecular weight is 349 g/mol. The molecule has 0 aromatic heterocycles. The van der Waals surface area contributed by atoms with Gasteiger partial charge in [-0.1, -0.05) is 28.1 Å². The van der Waals surface area contributed by atoms with Crippen LogP contribution >= 0.6 is 15.9 Å². The van der Waals surface area contributed by atoms with Crippen LogP contribution in [0.5, 0.6) is 0 Å².